The number of fused-ring (bicyclic) bond motifs is 2. The summed E-state index contributed by atoms with van der Waals surface area (Å²) in [4.78, 5) is 27.8. The Morgan fingerprint density at radius 1 is 1.42 bits per heavy atom. The minimum Gasteiger partial charge on any atom is -0.482 e. The Labute approximate surface area is 185 Å². The van der Waals surface area contributed by atoms with Crippen LogP contribution < -0.4 is 15.1 Å². The van der Waals surface area contributed by atoms with E-state index in [1.165, 1.54) is 6.08 Å². The van der Waals surface area contributed by atoms with Crippen molar-refractivity contribution >= 4 is 40.9 Å². The normalized spacial score (nSPS) is 24.4. The van der Waals surface area contributed by atoms with Gasteiger partial charge in [0.25, 0.3) is 5.91 Å². The van der Waals surface area contributed by atoms with Crippen molar-refractivity contribution in [3.63, 3.8) is 0 Å². The van der Waals surface area contributed by atoms with E-state index in [1.807, 2.05) is 18.3 Å². The molecule has 2 unspecified atom stereocenters. The fraction of sp³-hybridized carbons (Fsp3) is 0.348. The van der Waals surface area contributed by atoms with Gasteiger partial charge in [-0.2, -0.15) is 5.10 Å². The second kappa shape index (κ2) is 7.57. The van der Waals surface area contributed by atoms with Crippen LogP contribution in [-0.2, 0) is 9.59 Å². The number of hydrogen-bond acceptors (Lipinski definition) is 5. The summed E-state index contributed by atoms with van der Waals surface area (Å²) in [6.45, 7) is 7.33. The smallest absolute Gasteiger partial charge is 0.265 e. The first-order chi connectivity index (χ1) is 15.0. The first kappa shape index (κ1) is 19.9. The maximum Gasteiger partial charge on any atom is 0.265 e. The SMILES string of the molecule is C=CC(=O)N1CC(CN2C(=O)COc3cc(C4=C(C)C=CC5NN=CC45)c(Cl)cc32)C1. The van der Waals surface area contributed by atoms with Crippen molar-refractivity contribution in [2.24, 2.45) is 16.9 Å². The number of carbonyl (C=O) groups is 2. The minimum absolute atomic E-state index is 0.0108. The summed E-state index contributed by atoms with van der Waals surface area (Å²) in [6, 6.07) is 3.87. The Morgan fingerprint density at radius 3 is 3.00 bits per heavy atom. The summed E-state index contributed by atoms with van der Waals surface area (Å²) in [6.07, 6.45) is 7.42. The lowest BCUT2D eigenvalue weighted by Gasteiger charge is -2.42. The Bertz CT molecular complexity index is 1070. The van der Waals surface area contributed by atoms with Gasteiger partial charge in [0.2, 0.25) is 5.91 Å². The number of amides is 2. The first-order valence-electron chi connectivity index (χ1n) is 10.3. The van der Waals surface area contributed by atoms with Gasteiger partial charge in [0.15, 0.2) is 6.61 Å². The number of anilines is 1. The predicted molar refractivity (Wildman–Crippen MR) is 120 cm³/mol. The number of benzene rings is 1. The molecule has 3 heterocycles. The molecule has 1 aliphatic carbocycles. The number of nitrogens with zero attached hydrogens (tertiary/aromatic N) is 3. The van der Waals surface area contributed by atoms with E-state index >= 15 is 0 Å². The van der Waals surface area contributed by atoms with E-state index in [0.29, 0.717) is 36.1 Å². The summed E-state index contributed by atoms with van der Waals surface area (Å²) in [5, 5.41) is 4.80. The number of carbonyl (C=O) groups excluding carboxylic acids is 2. The van der Waals surface area contributed by atoms with Crippen molar-refractivity contribution in [2.75, 3.05) is 31.1 Å². The van der Waals surface area contributed by atoms with Crippen molar-refractivity contribution < 1.29 is 14.3 Å². The van der Waals surface area contributed by atoms with Gasteiger partial charge >= 0.3 is 0 Å². The Morgan fingerprint density at radius 2 is 2.23 bits per heavy atom. The highest BCUT2D eigenvalue weighted by Crippen LogP contribution is 2.44. The molecule has 0 radical (unpaired) electrons. The van der Waals surface area contributed by atoms with Gasteiger partial charge in [-0.25, -0.2) is 0 Å². The van der Waals surface area contributed by atoms with Gasteiger partial charge in [-0.1, -0.05) is 30.3 Å². The fourth-order valence-corrected chi connectivity index (χ4v) is 4.93. The van der Waals surface area contributed by atoms with Crippen LogP contribution in [0.1, 0.15) is 12.5 Å². The molecular formula is C23H23ClN4O3. The van der Waals surface area contributed by atoms with E-state index in [4.69, 9.17) is 16.3 Å². The molecule has 0 saturated carbocycles. The quantitative estimate of drug-likeness (QED) is 0.733. The van der Waals surface area contributed by atoms with Crippen LogP contribution in [-0.4, -0.2) is 55.2 Å². The summed E-state index contributed by atoms with van der Waals surface area (Å²) in [5.74, 6) is 0.781. The topological polar surface area (TPSA) is 74.2 Å². The minimum atomic E-state index is -0.104. The zero-order chi connectivity index (χ0) is 21.7. The number of halogens is 1. The number of hydrazone groups is 1. The molecule has 0 bridgehead atoms. The Balaban J connectivity index is 1.43. The second-order valence-electron chi connectivity index (χ2n) is 8.32. The molecule has 1 aromatic carbocycles. The molecule has 7 nitrogen and oxygen atoms in total. The molecular weight excluding hydrogens is 416 g/mol. The average Bonchev–Trinajstić information content (AvgIpc) is 3.20. The maximum atomic E-state index is 12.6. The van der Waals surface area contributed by atoms with Crippen LogP contribution in [0.4, 0.5) is 5.69 Å². The first-order valence-corrected chi connectivity index (χ1v) is 10.7. The lowest BCUT2D eigenvalue weighted by Crippen LogP contribution is -2.55. The van der Waals surface area contributed by atoms with E-state index in [1.54, 1.807) is 9.80 Å². The Kier molecular flexibility index (Phi) is 4.85. The number of ether oxygens (including phenoxy) is 1. The third-order valence-electron chi connectivity index (χ3n) is 6.32. The molecule has 160 valence electrons. The third kappa shape index (κ3) is 3.33. The summed E-state index contributed by atoms with van der Waals surface area (Å²) >= 11 is 6.75. The highest BCUT2D eigenvalue weighted by molar-refractivity contribution is 6.33. The lowest BCUT2D eigenvalue weighted by atomic mass is 9.81. The molecule has 4 aliphatic rings. The number of rotatable bonds is 4. The molecule has 1 saturated heterocycles. The van der Waals surface area contributed by atoms with Crippen LogP contribution in [0.5, 0.6) is 5.75 Å². The molecule has 8 heteroatoms. The van der Waals surface area contributed by atoms with Gasteiger partial charge in [-0.3, -0.25) is 9.59 Å². The standard InChI is InChI=1S/C23H23ClN4O3/c1-3-21(29)27-9-14(10-27)11-28-19-7-17(24)15(6-20(19)31-12-22(28)30)23-13(2)4-5-18-16(23)8-25-26-18/h3-8,14,16,18,26H,1,9-12H2,2H3. The summed E-state index contributed by atoms with van der Waals surface area (Å²) in [7, 11) is 0. The van der Waals surface area contributed by atoms with Gasteiger partial charge in [-0.05, 0) is 36.3 Å². The molecule has 2 amide bonds. The van der Waals surface area contributed by atoms with Gasteiger partial charge in [0.05, 0.1) is 16.8 Å². The second-order valence-corrected chi connectivity index (χ2v) is 8.73. The highest BCUT2D eigenvalue weighted by atomic mass is 35.5. The monoisotopic (exact) mass is 438 g/mol. The van der Waals surface area contributed by atoms with Crippen LogP contribution in [0.25, 0.3) is 5.57 Å². The molecule has 31 heavy (non-hydrogen) atoms. The third-order valence-corrected chi connectivity index (χ3v) is 6.64. The fourth-order valence-electron chi connectivity index (χ4n) is 4.67. The van der Waals surface area contributed by atoms with Gasteiger partial charge in [-0.15, -0.1) is 0 Å². The number of likely N-dealkylation sites (tertiary alicyclic amines) is 1. The van der Waals surface area contributed by atoms with Crippen molar-refractivity contribution in [1.82, 2.24) is 10.3 Å². The summed E-state index contributed by atoms with van der Waals surface area (Å²) < 4.78 is 5.79. The molecule has 1 fully saturated rings. The van der Waals surface area contributed by atoms with Crippen LogP contribution in [0.15, 0.2) is 47.6 Å². The molecule has 2 atom stereocenters. The zero-order valence-electron chi connectivity index (χ0n) is 17.2. The van der Waals surface area contributed by atoms with E-state index in [0.717, 1.165) is 16.7 Å². The zero-order valence-corrected chi connectivity index (χ0v) is 17.9. The Hall–Kier alpha value is -3.06. The molecule has 0 aromatic heterocycles. The van der Waals surface area contributed by atoms with Gasteiger partial charge < -0.3 is 20.0 Å². The van der Waals surface area contributed by atoms with Crippen LogP contribution in [0.2, 0.25) is 5.02 Å². The summed E-state index contributed by atoms with van der Waals surface area (Å²) in [5.41, 5.74) is 6.92. The van der Waals surface area contributed by atoms with Crippen molar-refractivity contribution in [2.45, 2.75) is 13.0 Å². The van der Waals surface area contributed by atoms with Crippen molar-refractivity contribution in [1.29, 1.82) is 0 Å². The van der Waals surface area contributed by atoms with E-state index in [2.05, 4.69) is 36.2 Å². The number of allylic oxidation sites excluding steroid dienone is 2. The predicted octanol–water partition coefficient (Wildman–Crippen LogP) is 2.63. The molecule has 0 spiro atoms. The van der Waals surface area contributed by atoms with Crippen LogP contribution >= 0.6 is 11.6 Å². The largest absolute Gasteiger partial charge is 0.482 e. The van der Waals surface area contributed by atoms with E-state index in [9.17, 15) is 9.59 Å². The van der Waals surface area contributed by atoms with E-state index in [-0.39, 0.29) is 36.3 Å². The van der Waals surface area contributed by atoms with Crippen molar-refractivity contribution in [3.8, 4) is 5.75 Å². The molecule has 5 rings (SSSR count). The van der Waals surface area contributed by atoms with Crippen LogP contribution in [0.3, 0.4) is 0 Å². The maximum absolute atomic E-state index is 12.6. The molecule has 1 aromatic rings. The number of nitrogens with one attached hydrogen (secondary N) is 1. The molecule has 3 aliphatic heterocycles. The van der Waals surface area contributed by atoms with Crippen LogP contribution in [0, 0.1) is 11.8 Å². The van der Waals surface area contributed by atoms with Gasteiger partial charge in [0.1, 0.15) is 5.75 Å². The highest BCUT2D eigenvalue weighted by Gasteiger charge is 2.36. The average molecular weight is 439 g/mol. The van der Waals surface area contributed by atoms with E-state index < -0.39 is 0 Å². The lowest BCUT2D eigenvalue weighted by molar-refractivity contribution is -0.131. The number of hydrogen-bond donors (Lipinski definition) is 1. The van der Waals surface area contributed by atoms with Gasteiger partial charge in [0, 0.05) is 43.2 Å². The molecule has 1 N–H and O–H groups in total. The van der Waals surface area contributed by atoms with Crippen molar-refractivity contribution in [3.05, 3.63) is 53.1 Å².